The summed E-state index contributed by atoms with van der Waals surface area (Å²) in [5.41, 5.74) is 1.27. The molecule has 0 unspecified atom stereocenters. The Morgan fingerprint density at radius 2 is 1.73 bits per heavy atom. The highest BCUT2D eigenvalue weighted by Crippen LogP contribution is 2.39. The molecule has 0 bridgehead atoms. The Balaban J connectivity index is 1.33. The van der Waals surface area contributed by atoms with Crippen LogP contribution in [0, 0.1) is 0 Å². The molecule has 4 rings (SSSR count). The van der Waals surface area contributed by atoms with E-state index in [1.165, 1.54) is 13.2 Å². The molecule has 0 saturated heterocycles. The normalized spacial score (nSPS) is 19.1. The minimum atomic E-state index is -3.73. The maximum atomic E-state index is 13.0. The number of carbonyl (C=O) groups excluding carboxylic acids is 1. The zero-order valence-corrected chi connectivity index (χ0v) is 24.3. The number of ether oxygens (including phenoxy) is 1. The fourth-order valence-corrected chi connectivity index (χ4v) is 6.48. The van der Waals surface area contributed by atoms with E-state index in [-0.39, 0.29) is 40.9 Å². The predicted molar refractivity (Wildman–Crippen MR) is 156 cm³/mol. The maximum absolute atomic E-state index is 13.0. The molecule has 10 nitrogen and oxygen atoms in total. The summed E-state index contributed by atoms with van der Waals surface area (Å²) in [5, 5.41) is 6.24. The Kier molecular flexibility index (Phi) is 10.2. The molecule has 4 N–H and O–H groups in total. The van der Waals surface area contributed by atoms with E-state index in [2.05, 4.69) is 42.2 Å². The van der Waals surface area contributed by atoms with Crippen LogP contribution in [0.3, 0.4) is 0 Å². The molecule has 0 atom stereocenters. The number of benzene rings is 2. The lowest BCUT2D eigenvalue weighted by Crippen LogP contribution is -2.49. The van der Waals surface area contributed by atoms with E-state index in [9.17, 15) is 13.2 Å². The highest BCUT2D eigenvalue weighted by atomic mass is 35.5. The number of hydrogen-bond acceptors (Lipinski definition) is 7. The van der Waals surface area contributed by atoms with Crippen molar-refractivity contribution >= 4 is 45.1 Å². The highest BCUT2D eigenvalue weighted by molar-refractivity contribution is 7.87. The summed E-state index contributed by atoms with van der Waals surface area (Å²) < 4.78 is 36.1. The van der Waals surface area contributed by atoms with Crippen molar-refractivity contribution in [3.05, 3.63) is 82.2 Å². The Hall–Kier alpha value is -2.96. The van der Waals surface area contributed by atoms with E-state index in [4.69, 9.17) is 27.9 Å². The quantitative estimate of drug-likeness (QED) is 0.139. The van der Waals surface area contributed by atoms with Crippen molar-refractivity contribution in [2.24, 2.45) is 0 Å². The van der Waals surface area contributed by atoms with Gasteiger partial charge < -0.3 is 15.4 Å². The van der Waals surface area contributed by atoms with E-state index in [0.717, 1.165) is 5.56 Å². The van der Waals surface area contributed by atoms with Crippen LogP contribution < -0.4 is 24.8 Å². The van der Waals surface area contributed by atoms with Crippen molar-refractivity contribution < 1.29 is 17.9 Å². The number of amides is 1. The Labute approximate surface area is 244 Å². The zero-order valence-electron chi connectivity index (χ0n) is 22.0. The van der Waals surface area contributed by atoms with Crippen LogP contribution in [-0.2, 0) is 15.6 Å². The topological polar surface area (TPSA) is 134 Å². The second-order valence-corrected chi connectivity index (χ2v) is 11.8. The first kappa shape index (κ1) is 30.0. The summed E-state index contributed by atoms with van der Waals surface area (Å²) in [5.74, 6) is 0.707. The molecule has 214 valence electrons. The molecular formula is C27H32Cl2N6O4S. The first-order chi connectivity index (χ1) is 19.2. The monoisotopic (exact) mass is 606 g/mol. The van der Waals surface area contributed by atoms with Crippen molar-refractivity contribution in [1.82, 2.24) is 24.7 Å². The summed E-state index contributed by atoms with van der Waals surface area (Å²) in [4.78, 5) is 20.8. The van der Waals surface area contributed by atoms with Gasteiger partial charge in [-0.05, 0) is 55.0 Å². The lowest BCUT2D eigenvalue weighted by molar-refractivity contribution is 0.0932. The molecule has 1 amide bonds. The summed E-state index contributed by atoms with van der Waals surface area (Å²) in [6, 6.07) is 18.4. The lowest BCUT2D eigenvalue weighted by Gasteiger charge is -2.41. The SMILES string of the molecule is COc1ccccc1C(=O)NCC1(c2ccccc2)CCC(NS(=O)(=O)NCCNc2cc(Cl)nc(Cl)n2)CC1. The fraction of sp³-hybridized carbons (Fsp3) is 0.370. The minimum absolute atomic E-state index is 0.000447. The number of carbonyl (C=O) groups is 1. The van der Waals surface area contributed by atoms with E-state index in [1.54, 1.807) is 18.2 Å². The number of methoxy groups -OCH3 is 1. The number of para-hydroxylation sites is 1. The van der Waals surface area contributed by atoms with E-state index >= 15 is 0 Å². The second kappa shape index (κ2) is 13.6. The van der Waals surface area contributed by atoms with Gasteiger partial charge in [-0.25, -0.2) is 14.7 Å². The zero-order chi connectivity index (χ0) is 28.6. The van der Waals surface area contributed by atoms with Gasteiger partial charge >= 0.3 is 0 Å². The molecule has 2 aromatic carbocycles. The van der Waals surface area contributed by atoms with Crippen LogP contribution >= 0.6 is 23.2 Å². The van der Waals surface area contributed by atoms with E-state index in [0.29, 0.717) is 49.4 Å². The van der Waals surface area contributed by atoms with Crippen LogP contribution in [0.2, 0.25) is 10.4 Å². The van der Waals surface area contributed by atoms with Gasteiger partial charge in [0, 0.05) is 37.2 Å². The minimum Gasteiger partial charge on any atom is -0.496 e. The predicted octanol–water partition coefficient (Wildman–Crippen LogP) is 3.94. The van der Waals surface area contributed by atoms with Crippen LogP contribution in [0.25, 0.3) is 0 Å². The first-order valence-corrected chi connectivity index (χ1v) is 15.1. The second-order valence-electron chi connectivity index (χ2n) is 9.59. The van der Waals surface area contributed by atoms with Gasteiger partial charge in [-0.2, -0.15) is 13.1 Å². The van der Waals surface area contributed by atoms with Gasteiger partial charge in [0.15, 0.2) is 0 Å². The molecule has 1 heterocycles. The molecule has 13 heteroatoms. The van der Waals surface area contributed by atoms with Gasteiger partial charge in [0.1, 0.15) is 16.7 Å². The molecule has 40 heavy (non-hydrogen) atoms. The Morgan fingerprint density at radius 1 is 1.02 bits per heavy atom. The third kappa shape index (κ3) is 8.05. The summed E-state index contributed by atoms with van der Waals surface area (Å²) in [7, 11) is -2.19. The molecule has 3 aromatic rings. The molecule has 1 aromatic heterocycles. The van der Waals surface area contributed by atoms with Crippen molar-refractivity contribution in [3.63, 3.8) is 0 Å². The molecule has 0 radical (unpaired) electrons. The third-order valence-electron chi connectivity index (χ3n) is 6.98. The molecular weight excluding hydrogens is 575 g/mol. The van der Waals surface area contributed by atoms with Crippen LogP contribution in [-0.4, -0.2) is 57.1 Å². The number of aromatic nitrogens is 2. The van der Waals surface area contributed by atoms with Crippen LogP contribution in [0.1, 0.15) is 41.6 Å². The molecule has 1 aliphatic rings. The van der Waals surface area contributed by atoms with Crippen LogP contribution in [0.15, 0.2) is 60.7 Å². The largest absolute Gasteiger partial charge is 0.496 e. The van der Waals surface area contributed by atoms with Crippen molar-refractivity contribution in [1.29, 1.82) is 0 Å². The number of anilines is 1. The smallest absolute Gasteiger partial charge is 0.277 e. The number of nitrogens with one attached hydrogen (secondary N) is 4. The van der Waals surface area contributed by atoms with Crippen molar-refractivity contribution in [2.45, 2.75) is 37.1 Å². The fourth-order valence-electron chi connectivity index (χ4n) is 4.94. The number of hydrogen-bond donors (Lipinski definition) is 4. The standard InChI is InChI=1S/C27H32Cl2N6O4S/c1-39-22-10-6-5-9-21(22)25(36)31-18-27(19-7-3-2-4-8-19)13-11-20(12-14-27)35-40(37,38)32-16-15-30-24-17-23(28)33-26(29)34-24/h2-10,17,20,32,35H,11-16,18H2,1H3,(H,31,36)(H,30,33,34). The summed E-state index contributed by atoms with van der Waals surface area (Å²) in [6.07, 6.45) is 2.65. The first-order valence-electron chi connectivity index (χ1n) is 12.9. The van der Waals surface area contributed by atoms with Gasteiger partial charge in [-0.1, -0.05) is 54.1 Å². The average Bonchev–Trinajstić information content (AvgIpc) is 2.95. The summed E-state index contributed by atoms with van der Waals surface area (Å²) in [6.45, 7) is 0.830. The van der Waals surface area contributed by atoms with Gasteiger partial charge in [0.2, 0.25) is 5.28 Å². The molecule has 1 saturated carbocycles. The van der Waals surface area contributed by atoms with Gasteiger partial charge in [0.25, 0.3) is 16.1 Å². The lowest BCUT2D eigenvalue weighted by atomic mass is 9.68. The van der Waals surface area contributed by atoms with E-state index < -0.39 is 10.2 Å². The molecule has 1 aliphatic carbocycles. The van der Waals surface area contributed by atoms with Crippen LogP contribution in [0.5, 0.6) is 5.75 Å². The molecule has 0 aliphatic heterocycles. The van der Waals surface area contributed by atoms with Gasteiger partial charge in [0.05, 0.1) is 12.7 Å². The molecule has 0 spiro atoms. The summed E-state index contributed by atoms with van der Waals surface area (Å²) >= 11 is 11.6. The maximum Gasteiger partial charge on any atom is 0.277 e. The average molecular weight is 608 g/mol. The number of rotatable bonds is 12. The number of nitrogens with zero attached hydrogens (tertiary/aromatic N) is 2. The third-order valence-corrected chi connectivity index (χ3v) is 8.57. The van der Waals surface area contributed by atoms with Gasteiger partial charge in [-0.3, -0.25) is 4.79 Å². The van der Waals surface area contributed by atoms with Crippen molar-refractivity contribution in [2.75, 3.05) is 32.1 Å². The Bertz CT molecular complexity index is 1380. The van der Waals surface area contributed by atoms with E-state index in [1.807, 2.05) is 24.3 Å². The molecule has 1 fully saturated rings. The van der Waals surface area contributed by atoms with Crippen molar-refractivity contribution in [3.8, 4) is 5.75 Å². The Morgan fingerprint density at radius 3 is 2.42 bits per heavy atom. The number of halogens is 2. The van der Waals surface area contributed by atoms with Crippen LogP contribution in [0.4, 0.5) is 5.82 Å². The van der Waals surface area contributed by atoms with Gasteiger partial charge in [-0.15, -0.1) is 0 Å². The highest BCUT2D eigenvalue weighted by Gasteiger charge is 2.38.